The largest absolute Gasteiger partial charge is 0.363 e. The molecule has 0 fully saturated rings. The fraction of sp³-hybridized carbons (Fsp3) is 0.273. The Labute approximate surface area is 144 Å². The second-order valence-corrected chi connectivity index (χ2v) is 6.85. The number of hydrogen-bond acceptors (Lipinski definition) is 2. The van der Waals surface area contributed by atoms with Gasteiger partial charge < -0.3 is 10.2 Å². The van der Waals surface area contributed by atoms with E-state index in [0.29, 0.717) is 6.17 Å². The summed E-state index contributed by atoms with van der Waals surface area (Å²) in [5.74, 6) is 0. The normalized spacial score (nSPS) is 18.7. The summed E-state index contributed by atoms with van der Waals surface area (Å²) in [4.78, 5) is 2.47. The smallest absolute Gasteiger partial charge is 0.104 e. The topological polar surface area (TPSA) is 15.3 Å². The maximum absolute atomic E-state index is 4.15. The Morgan fingerprint density at radius 1 is 1.04 bits per heavy atom. The van der Waals surface area contributed by atoms with Gasteiger partial charge in [0, 0.05) is 18.5 Å². The van der Waals surface area contributed by atoms with Gasteiger partial charge in [0.05, 0.1) is 11.4 Å². The van der Waals surface area contributed by atoms with Crippen molar-refractivity contribution in [1.82, 2.24) is 10.2 Å². The Morgan fingerprint density at radius 2 is 1.79 bits per heavy atom. The third-order valence-electron chi connectivity index (χ3n) is 5.04. The van der Waals surface area contributed by atoms with Crippen LogP contribution in [0.1, 0.15) is 29.2 Å². The molecule has 24 heavy (non-hydrogen) atoms. The lowest BCUT2D eigenvalue weighted by atomic mass is 10.0. The van der Waals surface area contributed by atoms with E-state index >= 15 is 0 Å². The molecule has 1 heterocycles. The highest BCUT2D eigenvalue weighted by Gasteiger charge is 2.43. The van der Waals surface area contributed by atoms with Crippen molar-refractivity contribution >= 4 is 0 Å². The molecule has 2 heteroatoms. The van der Waals surface area contributed by atoms with Crippen LogP contribution < -0.4 is 5.32 Å². The van der Waals surface area contributed by atoms with Crippen molar-refractivity contribution < 1.29 is 0 Å². The van der Waals surface area contributed by atoms with Crippen LogP contribution in [0.15, 0.2) is 72.1 Å². The zero-order valence-electron chi connectivity index (χ0n) is 14.5. The Morgan fingerprint density at radius 3 is 2.54 bits per heavy atom. The molecule has 0 amide bonds. The minimum atomic E-state index is 0.328. The summed E-state index contributed by atoms with van der Waals surface area (Å²) in [6, 6.07) is 17.8. The van der Waals surface area contributed by atoms with Crippen molar-refractivity contribution in [1.29, 1.82) is 0 Å². The van der Waals surface area contributed by atoms with Gasteiger partial charge in [0.25, 0.3) is 0 Å². The summed E-state index contributed by atoms with van der Waals surface area (Å²) < 4.78 is 0. The highest BCUT2D eigenvalue weighted by Crippen LogP contribution is 2.45. The SMILES string of the molecule is C=C1C2=C1N(Cc1ccc(C)cc1)C(Cc1cccc(CC)c1)N2. The lowest BCUT2D eigenvalue weighted by Gasteiger charge is -2.30. The lowest BCUT2D eigenvalue weighted by molar-refractivity contribution is 0.248. The van der Waals surface area contributed by atoms with E-state index in [-0.39, 0.29) is 0 Å². The monoisotopic (exact) mass is 316 g/mol. The Balaban J connectivity index is 1.52. The average molecular weight is 316 g/mol. The summed E-state index contributed by atoms with van der Waals surface area (Å²) in [6.07, 6.45) is 2.43. The van der Waals surface area contributed by atoms with Crippen LogP contribution in [-0.4, -0.2) is 11.1 Å². The first-order valence-corrected chi connectivity index (χ1v) is 8.76. The number of aryl methyl sites for hydroxylation is 2. The van der Waals surface area contributed by atoms with E-state index in [2.05, 4.69) is 79.2 Å². The number of nitrogens with one attached hydrogen (secondary N) is 1. The van der Waals surface area contributed by atoms with Crippen LogP contribution in [-0.2, 0) is 19.4 Å². The highest BCUT2D eigenvalue weighted by atomic mass is 15.4. The molecule has 1 aliphatic carbocycles. The maximum atomic E-state index is 4.15. The van der Waals surface area contributed by atoms with Gasteiger partial charge in [-0.2, -0.15) is 0 Å². The molecule has 1 unspecified atom stereocenters. The van der Waals surface area contributed by atoms with Crippen LogP contribution in [0.4, 0.5) is 0 Å². The maximum Gasteiger partial charge on any atom is 0.104 e. The van der Waals surface area contributed by atoms with Gasteiger partial charge in [0.15, 0.2) is 0 Å². The molecule has 2 aliphatic rings. The number of hydrogen-bond donors (Lipinski definition) is 1. The van der Waals surface area contributed by atoms with Crippen LogP contribution in [0.25, 0.3) is 0 Å². The first-order valence-electron chi connectivity index (χ1n) is 8.76. The van der Waals surface area contributed by atoms with Crippen molar-refractivity contribution in [3.05, 3.63) is 94.3 Å². The summed E-state index contributed by atoms with van der Waals surface area (Å²) >= 11 is 0. The Hall–Kier alpha value is -2.48. The lowest BCUT2D eigenvalue weighted by Crippen LogP contribution is -2.41. The average Bonchev–Trinajstić information content (AvgIpc) is 3.07. The summed E-state index contributed by atoms with van der Waals surface area (Å²) in [5, 5.41) is 3.65. The van der Waals surface area contributed by atoms with E-state index in [1.807, 2.05) is 0 Å². The minimum Gasteiger partial charge on any atom is -0.363 e. The van der Waals surface area contributed by atoms with Gasteiger partial charge in [-0.15, -0.1) is 0 Å². The molecule has 1 N–H and O–H groups in total. The fourth-order valence-corrected chi connectivity index (χ4v) is 3.53. The molecule has 0 spiro atoms. The van der Waals surface area contributed by atoms with Crippen molar-refractivity contribution in [3.63, 3.8) is 0 Å². The first kappa shape index (κ1) is 15.1. The van der Waals surface area contributed by atoms with Gasteiger partial charge in [-0.3, -0.25) is 0 Å². The van der Waals surface area contributed by atoms with Crippen LogP contribution in [0, 0.1) is 6.92 Å². The summed E-state index contributed by atoms with van der Waals surface area (Å²) in [5.41, 5.74) is 9.23. The summed E-state index contributed by atoms with van der Waals surface area (Å²) in [7, 11) is 0. The molecule has 1 aliphatic heterocycles. The van der Waals surface area contributed by atoms with Crippen LogP contribution in [0.2, 0.25) is 0 Å². The Bertz CT molecular complexity index is 814. The van der Waals surface area contributed by atoms with Gasteiger partial charge in [-0.05, 0) is 30.0 Å². The van der Waals surface area contributed by atoms with E-state index in [9.17, 15) is 0 Å². The van der Waals surface area contributed by atoms with Gasteiger partial charge in [-0.1, -0.05) is 67.6 Å². The molecule has 0 bridgehead atoms. The molecule has 0 saturated heterocycles. The predicted octanol–water partition coefficient (Wildman–Crippen LogP) is 4.31. The van der Waals surface area contributed by atoms with Crippen molar-refractivity contribution in [2.75, 3.05) is 0 Å². The fourth-order valence-electron chi connectivity index (χ4n) is 3.53. The van der Waals surface area contributed by atoms with Crippen LogP contribution in [0.3, 0.4) is 0 Å². The summed E-state index contributed by atoms with van der Waals surface area (Å²) in [6.45, 7) is 9.42. The number of rotatable bonds is 5. The van der Waals surface area contributed by atoms with Gasteiger partial charge >= 0.3 is 0 Å². The number of allylic oxidation sites excluding steroid dienone is 2. The first-order chi connectivity index (χ1) is 11.7. The molecule has 0 saturated carbocycles. The Kier molecular flexibility index (Phi) is 3.68. The highest BCUT2D eigenvalue weighted by molar-refractivity contribution is 5.65. The molecule has 0 aromatic heterocycles. The van der Waals surface area contributed by atoms with E-state index in [4.69, 9.17) is 0 Å². The van der Waals surface area contributed by atoms with Gasteiger partial charge in [-0.25, -0.2) is 0 Å². The third-order valence-corrected chi connectivity index (χ3v) is 5.04. The predicted molar refractivity (Wildman–Crippen MR) is 99.3 cm³/mol. The van der Waals surface area contributed by atoms with E-state index < -0.39 is 0 Å². The standard InChI is InChI=1S/C22H24N2/c1-4-17-6-5-7-19(12-17)13-20-23-21-16(3)22(21)24(20)14-18-10-8-15(2)9-11-18/h5-12,20,23H,3-4,13-14H2,1-2H3. The molecule has 2 aromatic rings. The molecule has 0 radical (unpaired) electrons. The van der Waals surface area contributed by atoms with Crippen molar-refractivity contribution in [2.45, 2.75) is 39.4 Å². The van der Waals surface area contributed by atoms with Gasteiger partial charge in [0.2, 0.25) is 0 Å². The van der Waals surface area contributed by atoms with E-state index in [0.717, 1.165) is 19.4 Å². The van der Waals surface area contributed by atoms with E-state index in [1.165, 1.54) is 39.2 Å². The zero-order valence-corrected chi connectivity index (χ0v) is 14.5. The second-order valence-electron chi connectivity index (χ2n) is 6.85. The molecular formula is C22H24N2. The molecule has 2 nitrogen and oxygen atoms in total. The van der Waals surface area contributed by atoms with Gasteiger partial charge in [0.1, 0.15) is 6.17 Å². The molecular weight excluding hydrogens is 292 g/mol. The van der Waals surface area contributed by atoms with E-state index in [1.54, 1.807) is 0 Å². The molecule has 122 valence electrons. The van der Waals surface area contributed by atoms with Crippen LogP contribution in [0.5, 0.6) is 0 Å². The molecule has 4 rings (SSSR count). The molecule has 2 aromatic carbocycles. The van der Waals surface area contributed by atoms with Crippen molar-refractivity contribution in [2.24, 2.45) is 0 Å². The number of benzene rings is 2. The zero-order chi connectivity index (χ0) is 16.7. The quantitative estimate of drug-likeness (QED) is 0.884. The second kappa shape index (κ2) is 5.86. The molecule has 1 atom stereocenters. The third kappa shape index (κ3) is 2.73. The van der Waals surface area contributed by atoms with Crippen LogP contribution >= 0.6 is 0 Å². The van der Waals surface area contributed by atoms with Crippen molar-refractivity contribution in [3.8, 4) is 0 Å². The minimum absolute atomic E-state index is 0.328. The number of nitrogens with zero attached hydrogens (tertiary/aromatic N) is 1.